The first-order valence-corrected chi connectivity index (χ1v) is 11.3. The topological polar surface area (TPSA) is 58.2 Å². The maximum atomic E-state index is 13.7. The number of hydrogen-bond acceptors (Lipinski definition) is 3. The second-order valence-electron chi connectivity index (χ2n) is 7.42. The summed E-state index contributed by atoms with van der Waals surface area (Å²) in [6.07, 6.45) is 0.311. The highest BCUT2D eigenvalue weighted by Crippen LogP contribution is 2.20. The highest BCUT2D eigenvalue weighted by molar-refractivity contribution is 8.00. The molecule has 0 aliphatic heterocycles. The van der Waals surface area contributed by atoms with Gasteiger partial charge in [0, 0.05) is 5.69 Å². The van der Waals surface area contributed by atoms with Crippen LogP contribution in [0.2, 0.25) is 0 Å². The number of carbonyl (C=O) groups is 2. The Kier molecular flexibility index (Phi) is 8.39. The second kappa shape index (κ2) is 11.4. The fourth-order valence-electron chi connectivity index (χ4n) is 3.18. The van der Waals surface area contributed by atoms with E-state index in [0.29, 0.717) is 23.2 Å². The number of carbonyl (C=O) groups excluding carboxylic acids is 2. The van der Waals surface area contributed by atoms with E-state index >= 15 is 0 Å². The number of rotatable bonds is 9. The van der Waals surface area contributed by atoms with E-state index in [1.807, 2.05) is 31.2 Å². The molecule has 0 aliphatic rings. The van der Waals surface area contributed by atoms with Gasteiger partial charge in [0.1, 0.15) is 11.6 Å². The molecule has 1 unspecified atom stereocenters. The number of benzene rings is 3. The minimum absolute atomic E-state index is 0.0658. The van der Waals surface area contributed by atoms with E-state index in [4.69, 9.17) is 0 Å². The largest absolute Gasteiger partial charge is 0.348 e. The Morgan fingerprint density at radius 1 is 0.875 bits per heavy atom. The summed E-state index contributed by atoms with van der Waals surface area (Å²) in [6, 6.07) is 19.0. The molecule has 0 radical (unpaired) electrons. The van der Waals surface area contributed by atoms with Crippen LogP contribution in [0.1, 0.15) is 22.7 Å². The Balaban J connectivity index is 1.56. The number of thioether (sulfide) groups is 1. The lowest BCUT2D eigenvalue weighted by Crippen LogP contribution is -2.31. The number of nitrogens with one attached hydrogen (secondary N) is 2. The Labute approximate surface area is 190 Å². The van der Waals surface area contributed by atoms with Gasteiger partial charge < -0.3 is 10.6 Å². The monoisotopic (exact) mass is 454 g/mol. The predicted molar refractivity (Wildman–Crippen MR) is 125 cm³/mol. The summed E-state index contributed by atoms with van der Waals surface area (Å²) in [4.78, 5) is 24.6. The molecule has 4 nitrogen and oxygen atoms in total. The molecule has 2 N–H and O–H groups in total. The van der Waals surface area contributed by atoms with Crippen molar-refractivity contribution in [1.29, 1.82) is 0 Å². The zero-order chi connectivity index (χ0) is 22.9. The zero-order valence-electron chi connectivity index (χ0n) is 17.6. The fraction of sp³-hybridized carbons (Fsp3) is 0.200. The van der Waals surface area contributed by atoms with Gasteiger partial charge in [0.25, 0.3) is 0 Å². The normalized spacial score (nSPS) is 11.6. The third-order valence-corrected chi connectivity index (χ3v) is 5.65. The maximum absolute atomic E-state index is 13.7. The van der Waals surface area contributed by atoms with Gasteiger partial charge in [0.05, 0.1) is 17.5 Å². The molecule has 3 rings (SSSR count). The van der Waals surface area contributed by atoms with E-state index < -0.39 is 11.9 Å². The third-order valence-electron chi connectivity index (χ3n) is 4.72. The smallest absolute Gasteiger partial charge is 0.234 e. The van der Waals surface area contributed by atoms with Gasteiger partial charge in [-0.2, -0.15) is 0 Å². The van der Waals surface area contributed by atoms with Gasteiger partial charge in [0.15, 0.2) is 0 Å². The van der Waals surface area contributed by atoms with Crippen molar-refractivity contribution in [1.82, 2.24) is 5.32 Å². The van der Waals surface area contributed by atoms with Crippen LogP contribution < -0.4 is 10.6 Å². The minimum atomic E-state index is -0.526. The van der Waals surface area contributed by atoms with Crippen molar-refractivity contribution in [3.05, 3.63) is 101 Å². The van der Waals surface area contributed by atoms with Crippen molar-refractivity contribution in [2.75, 3.05) is 16.8 Å². The molecule has 166 valence electrons. The third kappa shape index (κ3) is 7.50. The van der Waals surface area contributed by atoms with Crippen LogP contribution >= 0.6 is 11.8 Å². The van der Waals surface area contributed by atoms with Crippen LogP contribution in [-0.2, 0) is 16.0 Å². The summed E-state index contributed by atoms with van der Waals surface area (Å²) in [5.74, 6) is -1.09. The van der Waals surface area contributed by atoms with E-state index in [2.05, 4.69) is 10.6 Å². The Hall–Kier alpha value is -3.19. The lowest BCUT2D eigenvalue weighted by molar-refractivity contribution is -0.119. The molecule has 0 fully saturated rings. The van der Waals surface area contributed by atoms with Crippen molar-refractivity contribution >= 4 is 29.3 Å². The maximum Gasteiger partial charge on any atom is 0.234 e. The fourth-order valence-corrected chi connectivity index (χ4v) is 3.81. The molecule has 0 spiro atoms. The van der Waals surface area contributed by atoms with Crippen LogP contribution in [0.25, 0.3) is 0 Å². The Morgan fingerprint density at radius 3 is 2.22 bits per heavy atom. The molecule has 0 saturated carbocycles. The number of aryl methyl sites for hydroxylation is 1. The van der Waals surface area contributed by atoms with Crippen LogP contribution in [0.4, 0.5) is 14.5 Å². The van der Waals surface area contributed by atoms with Crippen molar-refractivity contribution in [2.45, 2.75) is 19.4 Å². The van der Waals surface area contributed by atoms with E-state index in [1.54, 1.807) is 24.3 Å². The first-order chi connectivity index (χ1) is 15.4. The minimum Gasteiger partial charge on any atom is -0.348 e. The summed E-state index contributed by atoms with van der Waals surface area (Å²) in [5, 5.41) is 5.66. The predicted octanol–water partition coefficient (Wildman–Crippen LogP) is 5.05. The van der Waals surface area contributed by atoms with E-state index in [9.17, 15) is 18.4 Å². The summed E-state index contributed by atoms with van der Waals surface area (Å²) in [5.41, 5.74) is 3.07. The first kappa shape index (κ1) is 23.5. The van der Waals surface area contributed by atoms with E-state index in [1.165, 1.54) is 36.0 Å². The molecule has 1 atom stereocenters. The molecule has 0 bridgehead atoms. The number of hydrogen-bond donors (Lipinski definition) is 2. The van der Waals surface area contributed by atoms with E-state index in [0.717, 1.165) is 5.56 Å². The lowest BCUT2D eigenvalue weighted by atomic mass is 9.98. The second-order valence-corrected chi connectivity index (χ2v) is 8.40. The summed E-state index contributed by atoms with van der Waals surface area (Å²) in [6.45, 7) is 1.96. The SMILES string of the molecule is Cc1ccc(NC(=O)CSCC(=O)NC(Cc2cccc(F)c2)c2cccc(F)c2)cc1. The summed E-state index contributed by atoms with van der Waals surface area (Å²) in [7, 11) is 0. The summed E-state index contributed by atoms with van der Waals surface area (Å²) < 4.78 is 27.3. The Bertz CT molecular complexity index is 1070. The molecule has 32 heavy (non-hydrogen) atoms. The molecule has 7 heteroatoms. The Morgan fingerprint density at radius 2 is 1.53 bits per heavy atom. The quantitative estimate of drug-likeness (QED) is 0.476. The molecular weight excluding hydrogens is 430 g/mol. The molecule has 0 aliphatic carbocycles. The van der Waals surface area contributed by atoms with Crippen LogP contribution in [0.3, 0.4) is 0 Å². The average molecular weight is 455 g/mol. The van der Waals surface area contributed by atoms with Crippen LogP contribution in [0.15, 0.2) is 72.8 Å². The molecule has 0 aromatic heterocycles. The van der Waals surface area contributed by atoms with Gasteiger partial charge in [-0.1, -0.05) is 42.0 Å². The highest BCUT2D eigenvalue weighted by atomic mass is 32.2. The van der Waals surface area contributed by atoms with Gasteiger partial charge in [0.2, 0.25) is 11.8 Å². The van der Waals surface area contributed by atoms with Crippen molar-refractivity contribution < 1.29 is 18.4 Å². The molecule has 3 aromatic rings. The molecule has 0 saturated heterocycles. The number of halogens is 2. The van der Waals surface area contributed by atoms with Gasteiger partial charge in [-0.3, -0.25) is 9.59 Å². The van der Waals surface area contributed by atoms with E-state index in [-0.39, 0.29) is 29.1 Å². The standard InChI is InChI=1S/C25H24F2N2O2S/c1-17-8-10-22(11-9-17)28-24(30)15-32-16-25(31)29-23(19-5-3-7-21(27)14-19)13-18-4-2-6-20(26)12-18/h2-12,14,23H,13,15-16H2,1H3,(H,28,30)(H,29,31). The number of amides is 2. The molecule has 2 amide bonds. The van der Waals surface area contributed by atoms with Crippen molar-refractivity contribution in [3.63, 3.8) is 0 Å². The average Bonchev–Trinajstić information content (AvgIpc) is 2.75. The van der Waals surface area contributed by atoms with Gasteiger partial charge in [-0.15, -0.1) is 11.8 Å². The van der Waals surface area contributed by atoms with Gasteiger partial charge in [-0.05, 0) is 60.9 Å². The summed E-state index contributed by atoms with van der Waals surface area (Å²) >= 11 is 1.18. The van der Waals surface area contributed by atoms with Gasteiger partial charge >= 0.3 is 0 Å². The molecule has 3 aromatic carbocycles. The highest BCUT2D eigenvalue weighted by Gasteiger charge is 2.17. The van der Waals surface area contributed by atoms with Crippen molar-refractivity contribution in [2.24, 2.45) is 0 Å². The number of anilines is 1. The first-order valence-electron chi connectivity index (χ1n) is 10.1. The van der Waals surface area contributed by atoms with Crippen molar-refractivity contribution in [3.8, 4) is 0 Å². The lowest BCUT2D eigenvalue weighted by Gasteiger charge is -2.20. The molecule has 0 heterocycles. The van der Waals surface area contributed by atoms with Crippen LogP contribution in [0, 0.1) is 18.6 Å². The van der Waals surface area contributed by atoms with Crippen LogP contribution in [0.5, 0.6) is 0 Å². The molecular formula is C25H24F2N2O2S. The zero-order valence-corrected chi connectivity index (χ0v) is 18.4. The van der Waals surface area contributed by atoms with Gasteiger partial charge in [-0.25, -0.2) is 8.78 Å². The van der Waals surface area contributed by atoms with Crippen LogP contribution in [-0.4, -0.2) is 23.3 Å².